The van der Waals surface area contributed by atoms with Crippen molar-refractivity contribution >= 4 is 15.9 Å². The Morgan fingerprint density at radius 3 is 2.90 bits per heavy atom. The van der Waals surface area contributed by atoms with Crippen LogP contribution in [-0.2, 0) is 6.54 Å². The van der Waals surface area contributed by atoms with Crippen molar-refractivity contribution in [3.8, 4) is 11.5 Å². The summed E-state index contributed by atoms with van der Waals surface area (Å²) in [4.78, 5) is 2.17. The normalized spacial score (nSPS) is 11.2. The van der Waals surface area contributed by atoms with Crippen molar-refractivity contribution in [3.05, 3.63) is 34.6 Å². The summed E-state index contributed by atoms with van der Waals surface area (Å²) >= 11 is 3.43. The lowest BCUT2D eigenvalue weighted by molar-refractivity contribution is 0.390. The molecule has 0 saturated carbocycles. The predicted octanol–water partition coefficient (Wildman–Crippen LogP) is 2.54. The van der Waals surface area contributed by atoms with Crippen molar-refractivity contribution in [2.75, 3.05) is 27.2 Å². The van der Waals surface area contributed by atoms with E-state index in [2.05, 4.69) is 50.4 Å². The second-order valence-electron chi connectivity index (χ2n) is 4.84. The maximum absolute atomic E-state index is 5.64. The van der Waals surface area contributed by atoms with Crippen molar-refractivity contribution in [1.82, 2.24) is 20.4 Å². The Hall–Kier alpha value is -1.24. The van der Waals surface area contributed by atoms with E-state index in [1.807, 2.05) is 24.3 Å². The first kappa shape index (κ1) is 15.2. The first-order chi connectivity index (χ1) is 9.65. The Morgan fingerprint density at radius 2 is 2.15 bits per heavy atom. The van der Waals surface area contributed by atoms with Crippen molar-refractivity contribution < 1.29 is 4.42 Å². The van der Waals surface area contributed by atoms with Crippen LogP contribution in [0, 0.1) is 0 Å². The second-order valence-corrected chi connectivity index (χ2v) is 5.76. The minimum absolute atomic E-state index is 0.552. The first-order valence-electron chi connectivity index (χ1n) is 6.59. The van der Waals surface area contributed by atoms with Gasteiger partial charge >= 0.3 is 0 Å². The molecular formula is C14H19BrN4O. The van der Waals surface area contributed by atoms with Gasteiger partial charge in [0.25, 0.3) is 0 Å². The number of hydrogen-bond acceptors (Lipinski definition) is 5. The second kappa shape index (κ2) is 7.52. The average molecular weight is 339 g/mol. The molecule has 1 heterocycles. The van der Waals surface area contributed by atoms with Crippen LogP contribution >= 0.6 is 15.9 Å². The molecule has 108 valence electrons. The first-order valence-corrected chi connectivity index (χ1v) is 7.38. The van der Waals surface area contributed by atoms with Crippen molar-refractivity contribution in [1.29, 1.82) is 0 Å². The molecule has 0 saturated heterocycles. The Bertz CT molecular complexity index is 541. The third-order valence-electron chi connectivity index (χ3n) is 2.77. The summed E-state index contributed by atoms with van der Waals surface area (Å²) in [6.07, 6.45) is 1.10. The molecule has 1 N–H and O–H groups in total. The maximum Gasteiger partial charge on any atom is 0.247 e. The van der Waals surface area contributed by atoms with E-state index in [-0.39, 0.29) is 0 Å². The number of aromatic nitrogens is 2. The van der Waals surface area contributed by atoms with Crippen LogP contribution in [0.25, 0.3) is 11.5 Å². The van der Waals surface area contributed by atoms with Gasteiger partial charge in [0.15, 0.2) is 0 Å². The molecule has 1 aromatic heterocycles. The van der Waals surface area contributed by atoms with Crippen molar-refractivity contribution in [2.45, 2.75) is 13.0 Å². The Morgan fingerprint density at radius 1 is 1.30 bits per heavy atom. The highest BCUT2D eigenvalue weighted by Crippen LogP contribution is 2.21. The molecule has 0 aliphatic rings. The lowest BCUT2D eigenvalue weighted by Gasteiger charge is -2.08. The van der Waals surface area contributed by atoms with E-state index in [1.54, 1.807) is 0 Å². The van der Waals surface area contributed by atoms with E-state index in [9.17, 15) is 0 Å². The largest absolute Gasteiger partial charge is 0.419 e. The summed E-state index contributed by atoms with van der Waals surface area (Å²) in [6, 6.07) is 7.82. The van der Waals surface area contributed by atoms with Crippen LogP contribution in [0.3, 0.4) is 0 Å². The molecule has 0 unspecified atom stereocenters. The summed E-state index contributed by atoms with van der Waals surface area (Å²) in [5, 5.41) is 11.4. The van der Waals surface area contributed by atoms with Crippen molar-refractivity contribution in [3.63, 3.8) is 0 Å². The molecule has 1 aromatic carbocycles. The van der Waals surface area contributed by atoms with Gasteiger partial charge in [-0.25, -0.2) is 0 Å². The number of benzene rings is 1. The van der Waals surface area contributed by atoms with Crippen LogP contribution in [0.5, 0.6) is 0 Å². The highest BCUT2D eigenvalue weighted by Gasteiger charge is 2.08. The van der Waals surface area contributed by atoms with Crippen LogP contribution in [0.2, 0.25) is 0 Å². The maximum atomic E-state index is 5.64. The molecule has 20 heavy (non-hydrogen) atoms. The zero-order valence-electron chi connectivity index (χ0n) is 11.8. The third-order valence-corrected chi connectivity index (χ3v) is 3.27. The van der Waals surface area contributed by atoms with Crippen LogP contribution in [0.4, 0.5) is 0 Å². The van der Waals surface area contributed by atoms with Crippen LogP contribution in [0.15, 0.2) is 33.2 Å². The molecule has 5 nitrogen and oxygen atoms in total. The molecule has 0 spiro atoms. The van der Waals surface area contributed by atoms with Gasteiger partial charge < -0.3 is 14.6 Å². The molecule has 0 radical (unpaired) electrons. The zero-order valence-corrected chi connectivity index (χ0v) is 13.4. The van der Waals surface area contributed by atoms with Gasteiger partial charge in [0.2, 0.25) is 11.8 Å². The molecule has 2 aromatic rings. The third kappa shape index (κ3) is 4.70. The fraction of sp³-hybridized carbons (Fsp3) is 0.429. The smallest absolute Gasteiger partial charge is 0.247 e. The van der Waals surface area contributed by atoms with Gasteiger partial charge in [-0.3, -0.25) is 0 Å². The van der Waals surface area contributed by atoms with Crippen LogP contribution in [-0.4, -0.2) is 42.3 Å². The van der Waals surface area contributed by atoms with Gasteiger partial charge in [0.05, 0.1) is 6.54 Å². The lowest BCUT2D eigenvalue weighted by atomic mass is 10.2. The van der Waals surface area contributed by atoms with E-state index in [0.29, 0.717) is 18.3 Å². The number of nitrogens with zero attached hydrogens (tertiary/aromatic N) is 3. The predicted molar refractivity (Wildman–Crippen MR) is 82.3 cm³/mol. The fourth-order valence-electron chi connectivity index (χ4n) is 1.78. The Kier molecular flexibility index (Phi) is 5.70. The molecular weight excluding hydrogens is 320 g/mol. The number of hydrogen-bond donors (Lipinski definition) is 1. The molecule has 6 heteroatoms. The molecule has 0 bridgehead atoms. The van der Waals surface area contributed by atoms with Crippen LogP contribution < -0.4 is 5.32 Å². The van der Waals surface area contributed by atoms with Gasteiger partial charge in [0, 0.05) is 10.0 Å². The van der Waals surface area contributed by atoms with E-state index < -0.39 is 0 Å². The van der Waals surface area contributed by atoms with Gasteiger partial charge in [-0.05, 0) is 51.8 Å². The number of halogens is 1. The monoisotopic (exact) mass is 338 g/mol. The quantitative estimate of drug-likeness (QED) is 0.786. The zero-order chi connectivity index (χ0) is 14.4. The minimum atomic E-state index is 0.552. The Labute approximate surface area is 127 Å². The van der Waals surface area contributed by atoms with Gasteiger partial charge in [0.1, 0.15) is 0 Å². The highest BCUT2D eigenvalue weighted by atomic mass is 79.9. The summed E-state index contributed by atoms with van der Waals surface area (Å²) in [6.45, 7) is 2.61. The topological polar surface area (TPSA) is 54.2 Å². The molecule has 0 aliphatic carbocycles. The minimum Gasteiger partial charge on any atom is -0.419 e. The molecule has 2 rings (SSSR count). The fourth-order valence-corrected chi connectivity index (χ4v) is 2.18. The summed E-state index contributed by atoms with van der Waals surface area (Å²) in [7, 11) is 4.14. The molecule has 0 fully saturated rings. The van der Waals surface area contributed by atoms with Gasteiger partial charge in [-0.15, -0.1) is 10.2 Å². The summed E-state index contributed by atoms with van der Waals surface area (Å²) < 4.78 is 6.63. The lowest BCUT2D eigenvalue weighted by Crippen LogP contribution is -2.21. The number of rotatable bonds is 7. The number of nitrogens with one attached hydrogen (secondary N) is 1. The van der Waals surface area contributed by atoms with E-state index in [4.69, 9.17) is 4.42 Å². The van der Waals surface area contributed by atoms with Crippen LogP contribution in [0.1, 0.15) is 12.3 Å². The van der Waals surface area contributed by atoms with Crippen molar-refractivity contribution in [2.24, 2.45) is 0 Å². The van der Waals surface area contributed by atoms with E-state index >= 15 is 0 Å². The van der Waals surface area contributed by atoms with Gasteiger partial charge in [-0.2, -0.15) is 0 Å². The Balaban J connectivity index is 1.83. The SMILES string of the molecule is CN(C)CCCNCc1nnc(-c2cccc(Br)c2)o1. The molecule has 0 amide bonds. The highest BCUT2D eigenvalue weighted by molar-refractivity contribution is 9.10. The molecule has 0 atom stereocenters. The average Bonchev–Trinajstić information content (AvgIpc) is 2.87. The van der Waals surface area contributed by atoms with E-state index in [0.717, 1.165) is 29.5 Å². The summed E-state index contributed by atoms with van der Waals surface area (Å²) in [5.41, 5.74) is 0.922. The standard InChI is InChI=1S/C14H19BrN4O/c1-19(2)8-4-7-16-10-13-17-18-14(20-13)11-5-3-6-12(15)9-11/h3,5-6,9,16H,4,7-8,10H2,1-2H3. The van der Waals surface area contributed by atoms with E-state index in [1.165, 1.54) is 0 Å². The summed E-state index contributed by atoms with van der Waals surface area (Å²) in [5.74, 6) is 1.17. The van der Waals surface area contributed by atoms with Gasteiger partial charge in [-0.1, -0.05) is 22.0 Å². The molecule has 0 aliphatic heterocycles.